The van der Waals surface area contributed by atoms with E-state index in [1.807, 2.05) is 52.7 Å². The zero-order chi connectivity index (χ0) is 20.2. The van der Waals surface area contributed by atoms with Gasteiger partial charge in [0.1, 0.15) is 5.69 Å². The molecule has 3 aromatic rings. The van der Waals surface area contributed by atoms with Crippen molar-refractivity contribution in [3.8, 4) is 11.3 Å². The van der Waals surface area contributed by atoms with Gasteiger partial charge < -0.3 is 14.3 Å². The van der Waals surface area contributed by atoms with Crippen LogP contribution in [0.3, 0.4) is 0 Å². The molecule has 0 unspecified atom stereocenters. The molecule has 3 heterocycles. The topological polar surface area (TPSA) is 49.6 Å². The first-order valence-corrected chi connectivity index (χ1v) is 11.1. The number of carbonyl (C=O) groups excluding carboxylic acids is 1. The molecule has 0 bridgehead atoms. The Bertz CT molecular complexity index is 928. The van der Waals surface area contributed by atoms with Gasteiger partial charge in [-0.2, -0.15) is 0 Å². The Kier molecular flexibility index (Phi) is 6.00. The van der Waals surface area contributed by atoms with Gasteiger partial charge in [-0.25, -0.2) is 0 Å². The number of aromatic nitrogens is 1. The van der Waals surface area contributed by atoms with Crippen LogP contribution < -0.4 is 4.90 Å². The highest BCUT2D eigenvalue weighted by atomic mass is 32.1. The van der Waals surface area contributed by atoms with Crippen molar-refractivity contribution in [2.75, 3.05) is 24.5 Å². The molecule has 0 saturated carbocycles. The highest BCUT2D eigenvalue weighted by molar-refractivity contribution is 7.12. The lowest BCUT2D eigenvalue weighted by Crippen LogP contribution is -2.34. The molecule has 1 amide bonds. The minimum absolute atomic E-state index is 0.0706. The van der Waals surface area contributed by atoms with E-state index in [4.69, 9.17) is 4.52 Å². The van der Waals surface area contributed by atoms with Crippen molar-refractivity contribution in [1.82, 2.24) is 10.1 Å². The van der Waals surface area contributed by atoms with Crippen molar-refractivity contribution in [2.24, 2.45) is 5.92 Å². The van der Waals surface area contributed by atoms with E-state index in [2.05, 4.69) is 23.9 Å². The number of thiophene rings is 1. The highest BCUT2D eigenvalue weighted by Crippen LogP contribution is 2.34. The predicted octanol–water partition coefficient (Wildman–Crippen LogP) is 5.30. The van der Waals surface area contributed by atoms with Crippen molar-refractivity contribution in [3.05, 3.63) is 58.3 Å². The summed E-state index contributed by atoms with van der Waals surface area (Å²) in [5, 5.41) is 6.38. The molecule has 1 aliphatic rings. The molecule has 0 aliphatic carbocycles. The van der Waals surface area contributed by atoms with Crippen LogP contribution in [-0.2, 0) is 6.54 Å². The smallest absolute Gasteiger partial charge is 0.264 e. The van der Waals surface area contributed by atoms with Crippen molar-refractivity contribution in [2.45, 2.75) is 33.2 Å². The summed E-state index contributed by atoms with van der Waals surface area (Å²) in [6.07, 6.45) is 2.31. The van der Waals surface area contributed by atoms with Crippen LogP contribution >= 0.6 is 11.3 Å². The number of benzene rings is 1. The van der Waals surface area contributed by atoms with E-state index in [0.717, 1.165) is 53.5 Å². The Morgan fingerprint density at radius 1 is 1.17 bits per heavy atom. The van der Waals surface area contributed by atoms with Gasteiger partial charge in [-0.1, -0.05) is 55.4 Å². The van der Waals surface area contributed by atoms with E-state index in [1.165, 1.54) is 11.3 Å². The standard InChI is InChI=1S/C23H27N3O2S/c1-17(2)15-26(22(27)20-11-8-14-29-20)16-19-21(18-9-4-3-5-10-18)24-28-23(19)25-12-6-7-13-25/h3-5,8-11,14,17H,6-7,12-13,15-16H2,1-2H3. The first kappa shape index (κ1) is 19.7. The molecule has 2 aromatic heterocycles. The van der Waals surface area contributed by atoms with Crippen LogP contribution in [0.5, 0.6) is 0 Å². The SMILES string of the molecule is CC(C)CN(Cc1c(-c2ccccc2)noc1N1CCCC1)C(=O)c1cccs1. The van der Waals surface area contributed by atoms with Gasteiger partial charge in [-0.3, -0.25) is 4.79 Å². The summed E-state index contributed by atoms with van der Waals surface area (Å²) in [7, 11) is 0. The fraction of sp³-hybridized carbons (Fsp3) is 0.391. The van der Waals surface area contributed by atoms with Crippen LogP contribution in [0.25, 0.3) is 11.3 Å². The number of amides is 1. The lowest BCUT2D eigenvalue weighted by atomic mass is 10.1. The molecule has 6 heteroatoms. The molecule has 1 fully saturated rings. The summed E-state index contributed by atoms with van der Waals surface area (Å²) in [6, 6.07) is 13.9. The van der Waals surface area contributed by atoms with Gasteiger partial charge in [0.15, 0.2) is 0 Å². The number of carbonyl (C=O) groups is 1. The van der Waals surface area contributed by atoms with Gasteiger partial charge in [0, 0.05) is 25.2 Å². The summed E-state index contributed by atoms with van der Waals surface area (Å²) in [5.74, 6) is 1.25. The second-order valence-electron chi connectivity index (χ2n) is 7.93. The number of rotatable bonds is 7. The number of anilines is 1. The Balaban J connectivity index is 1.72. The quantitative estimate of drug-likeness (QED) is 0.531. The first-order valence-electron chi connectivity index (χ1n) is 10.2. The van der Waals surface area contributed by atoms with E-state index < -0.39 is 0 Å². The third kappa shape index (κ3) is 4.37. The van der Waals surface area contributed by atoms with Crippen LogP contribution in [0, 0.1) is 5.92 Å². The Morgan fingerprint density at radius 3 is 2.59 bits per heavy atom. The minimum atomic E-state index is 0.0706. The van der Waals surface area contributed by atoms with Crippen molar-refractivity contribution in [3.63, 3.8) is 0 Å². The number of nitrogens with zero attached hydrogens (tertiary/aromatic N) is 3. The molecule has 0 atom stereocenters. The second kappa shape index (κ2) is 8.82. The summed E-state index contributed by atoms with van der Waals surface area (Å²) in [5.41, 5.74) is 2.86. The highest BCUT2D eigenvalue weighted by Gasteiger charge is 2.28. The number of hydrogen-bond acceptors (Lipinski definition) is 5. The normalized spacial score (nSPS) is 14.0. The monoisotopic (exact) mass is 409 g/mol. The average molecular weight is 410 g/mol. The minimum Gasteiger partial charge on any atom is -0.340 e. The third-order valence-electron chi connectivity index (χ3n) is 5.16. The first-order chi connectivity index (χ1) is 14.1. The van der Waals surface area contributed by atoms with Gasteiger partial charge in [0.2, 0.25) is 5.88 Å². The van der Waals surface area contributed by atoms with Crippen LogP contribution in [0.1, 0.15) is 41.9 Å². The third-order valence-corrected chi connectivity index (χ3v) is 6.02. The molecule has 1 saturated heterocycles. The molecular formula is C23H27N3O2S. The zero-order valence-electron chi connectivity index (χ0n) is 17.0. The second-order valence-corrected chi connectivity index (χ2v) is 8.88. The van der Waals surface area contributed by atoms with Crippen molar-refractivity contribution >= 4 is 23.1 Å². The van der Waals surface area contributed by atoms with Gasteiger partial charge in [0.05, 0.1) is 17.0 Å². The Labute approximate surface area is 175 Å². The fourth-order valence-electron chi connectivity index (χ4n) is 3.84. The van der Waals surface area contributed by atoms with E-state index in [1.54, 1.807) is 0 Å². The maximum Gasteiger partial charge on any atom is 0.264 e. The lowest BCUT2D eigenvalue weighted by Gasteiger charge is -2.25. The van der Waals surface area contributed by atoms with E-state index >= 15 is 0 Å². The van der Waals surface area contributed by atoms with E-state index in [9.17, 15) is 4.79 Å². The Hall–Kier alpha value is -2.60. The van der Waals surface area contributed by atoms with Crippen molar-refractivity contribution in [1.29, 1.82) is 0 Å². The molecular weight excluding hydrogens is 382 g/mol. The van der Waals surface area contributed by atoms with E-state index in [0.29, 0.717) is 19.0 Å². The Morgan fingerprint density at radius 2 is 1.93 bits per heavy atom. The summed E-state index contributed by atoms with van der Waals surface area (Å²) in [6.45, 7) is 7.41. The maximum atomic E-state index is 13.2. The molecule has 0 N–H and O–H groups in total. The zero-order valence-corrected chi connectivity index (χ0v) is 17.8. The average Bonchev–Trinajstić information content (AvgIpc) is 3.48. The lowest BCUT2D eigenvalue weighted by molar-refractivity contribution is 0.0728. The predicted molar refractivity (Wildman–Crippen MR) is 117 cm³/mol. The summed E-state index contributed by atoms with van der Waals surface area (Å²) in [4.78, 5) is 18.2. The van der Waals surface area contributed by atoms with Crippen molar-refractivity contribution < 1.29 is 9.32 Å². The molecule has 5 nitrogen and oxygen atoms in total. The maximum absolute atomic E-state index is 13.2. The molecule has 1 aromatic carbocycles. The van der Waals surface area contributed by atoms with Crippen LogP contribution in [0.2, 0.25) is 0 Å². The van der Waals surface area contributed by atoms with Crippen LogP contribution in [0.4, 0.5) is 5.88 Å². The molecule has 1 aliphatic heterocycles. The largest absolute Gasteiger partial charge is 0.340 e. The van der Waals surface area contributed by atoms with Gasteiger partial charge in [0.25, 0.3) is 5.91 Å². The summed E-state index contributed by atoms with van der Waals surface area (Å²) < 4.78 is 5.85. The van der Waals surface area contributed by atoms with Crippen LogP contribution in [-0.4, -0.2) is 35.6 Å². The molecule has 0 spiro atoms. The van der Waals surface area contributed by atoms with Crippen LogP contribution in [0.15, 0.2) is 52.4 Å². The van der Waals surface area contributed by atoms with E-state index in [-0.39, 0.29) is 5.91 Å². The molecule has 0 radical (unpaired) electrons. The fourth-order valence-corrected chi connectivity index (χ4v) is 4.53. The van der Waals surface area contributed by atoms with Gasteiger partial charge >= 0.3 is 0 Å². The molecule has 4 rings (SSSR count). The molecule has 152 valence electrons. The summed E-state index contributed by atoms with van der Waals surface area (Å²) >= 11 is 1.49. The number of hydrogen-bond donors (Lipinski definition) is 0. The van der Waals surface area contributed by atoms with Gasteiger partial charge in [-0.15, -0.1) is 11.3 Å². The van der Waals surface area contributed by atoms with Gasteiger partial charge in [-0.05, 0) is 30.2 Å². The molecule has 29 heavy (non-hydrogen) atoms.